The third-order valence-corrected chi connectivity index (χ3v) is 4.69. The molecule has 1 N–H and O–H groups in total. The summed E-state index contributed by atoms with van der Waals surface area (Å²) in [6.07, 6.45) is 1.78. The summed E-state index contributed by atoms with van der Waals surface area (Å²) in [5.41, 5.74) is 1.61. The van der Waals surface area contributed by atoms with E-state index in [1.165, 1.54) is 0 Å². The lowest BCUT2D eigenvalue weighted by Crippen LogP contribution is -2.37. The molecule has 1 heterocycles. The van der Waals surface area contributed by atoms with Crippen LogP contribution in [0.3, 0.4) is 0 Å². The zero-order chi connectivity index (χ0) is 18.3. The van der Waals surface area contributed by atoms with E-state index in [1.807, 2.05) is 54.6 Å². The van der Waals surface area contributed by atoms with E-state index in [-0.39, 0.29) is 5.57 Å². The van der Waals surface area contributed by atoms with Gasteiger partial charge in [-0.3, -0.25) is 14.9 Å². The van der Waals surface area contributed by atoms with Crippen LogP contribution in [0.2, 0.25) is 0 Å². The van der Waals surface area contributed by atoms with Crippen molar-refractivity contribution in [1.29, 1.82) is 5.26 Å². The number of hydrogen-bond acceptors (Lipinski definition) is 3. The van der Waals surface area contributed by atoms with E-state index in [0.29, 0.717) is 11.1 Å². The molecule has 1 aliphatic rings. The first kappa shape index (κ1) is 15.8. The molecule has 0 aromatic heterocycles. The lowest BCUT2D eigenvalue weighted by molar-refractivity contribution is -0.126. The van der Waals surface area contributed by atoms with Crippen molar-refractivity contribution in [1.82, 2.24) is 5.32 Å². The lowest BCUT2D eigenvalue weighted by Gasteiger charge is -2.17. The molecular formula is C22H14N2O2. The first-order chi connectivity index (χ1) is 12.6. The number of nitrogens with one attached hydrogen (secondary N) is 1. The van der Waals surface area contributed by atoms with Crippen LogP contribution in [0.25, 0.3) is 27.6 Å². The van der Waals surface area contributed by atoms with Gasteiger partial charge in [-0.05, 0) is 51.7 Å². The van der Waals surface area contributed by atoms with Gasteiger partial charge in [0.05, 0.1) is 0 Å². The highest BCUT2D eigenvalue weighted by Crippen LogP contribution is 2.32. The predicted molar refractivity (Wildman–Crippen MR) is 101 cm³/mol. The number of carbonyl (C=O) groups excluding carboxylic acids is 2. The number of nitriles is 1. The van der Waals surface area contributed by atoms with Crippen LogP contribution >= 0.6 is 0 Å². The minimum atomic E-state index is -0.644. The number of imide groups is 1. The standard InChI is InChI=1S/C22H14N2O2/c1-13-18(21(25)24-22(26)20(13)12-23)11-19-16-8-4-2-6-14(16)10-15-7-3-5-9-17(15)19/h2-11H,1H3,(H,24,25,26)/b18-11-. The highest BCUT2D eigenvalue weighted by atomic mass is 16.2. The van der Waals surface area contributed by atoms with Crippen molar-refractivity contribution in [3.8, 4) is 6.07 Å². The number of hydrogen-bond donors (Lipinski definition) is 1. The Morgan fingerprint density at radius 1 is 0.923 bits per heavy atom. The molecule has 124 valence electrons. The van der Waals surface area contributed by atoms with Crippen LogP contribution in [-0.4, -0.2) is 11.8 Å². The molecule has 1 aliphatic heterocycles. The van der Waals surface area contributed by atoms with Gasteiger partial charge in [0.15, 0.2) is 0 Å². The van der Waals surface area contributed by atoms with Crippen LogP contribution in [-0.2, 0) is 9.59 Å². The Hall–Kier alpha value is -3.71. The van der Waals surface area contributed by atoms with Crippen molar-refractivity contribution in [2.75, 3.05) is 0 Å². The van der Waals surface area contributed by atoms with Gasteiger partial charge in [0.25, 0.3) is 11.8 Å². The van der Waals surface area contributed by atoms with Gasteiger partial charge in [0, 0.05) is 5.57 Å². The van der Waals surface area contributed by atoms with Crippen LogP contribution in [0.1, 0.15) is 12.5 Å². The number of amides is 2. The molecule has 3 aromatic rings. The van der Waals surface area contributed by atoms with Crippen LogP contribution in [0.4, 0.5) is 0 Å². The largest absolute Gasteiger partial charge is 0.288 e. The van der Waals surface area contributed by atoms with E-state index in [1.54, 1.807) is 13.0 Å². The number of rotatable bonds is 1. The maximum Gasteiger partial charge on any atom is 0.269 e. The van der Waals surface area contributed by atoms with Gasteiger partial charge in [0.2, 0.25) is 0 Å². The Morgan fingerprint density at radius 2 is 1.50 bits per heavy atom. The number of benzene rings is 3. The van der Waals surface area contributed by atoms with Crippen LogP contribution in [0.15, 0.2) is 71.3 Å². The normalized spacial score (nSPS) is 16.2. The van der Waals surface area contributed by atoms with Crippen molar-refractivity contribution in [2.45, 2.75) is 6.92 Å². The second-order valence-corrected chi connectivity index (χ2v) is 6.19. The first-order valence-electron chi connectivity index (χ1n) is 8.19. The maximum atomic E-state index is 12.4. The highest BCUT2D eigenvalue weighted by Gasteiger charge is 2.27. The number of carbonyl (C=O) groups is 2. The molecule has 0 atom stereocenters. The van der Waals surface area contributed by atoms with Gasteiger partial charge in [-0.15, -0.1) is 0 Å². The predicted octanol–water partition coefficient (Wildman–Crippen LogP) is 3.87. The molecule has 0 aliphatic carbocycles. The van der Waals surface area contributed by atoms with E-state index in [0.717, 1.165) is 27.1 Å². The van der Waals surface area contributed by atoms with E-state index >= 15 is 0 Å². The third-order valence-electron chi connectivity index (χ3n) is 4.69. The minimum absolute atomic E-state index is 0.0274. The van der Waals surface area contributed by atoms with Crippen molar-refractivity contribution in [3.63, 3.8) is 0 Å². The molecule has 26 heavy (non-hydrogen) atoms. The van der Waals surface area contributed by atoms with Crippen LogP contribution in [0, 0.1) is 11.3 Å². The van der Waals surface area contributed by atoms with Crippen molar-refractivity contribution in [3.05, 3.63) is 76.9 Å². The molecule has 2 amide bonds. The summed E-state index contributed by atoms with van der Waals surface area (Å²) in [5, 5.41) is 15.6. The monoisotopic (exact) mass is 338 g/mol. The fourth-order valence-corrected chi connectivity index (χ4v) is 3.37. The van der Waals surface area contributed by atoms with Gasteiger partial charge < -0.3 is 0 Å². The van der Waals surface area contributed by atoms with E-state index < -0.39 is 11.8 Å². The average Bonchev–Trinajstić information content (AvgIpc) is 2.64. The molecule has 0 bridgehead atoms. The highest BCUT2D eigenvalue weighted by molar-refractivity contribution is 6.21. The summed E-state index contributed by atoms with van der Waals surface area (Å²) in [6.45, 7) is 1.63. The minimum Gasteiger partial charge on any atom is -0.288 e. The van der Waals surface area contributed by atoms with Crippen LogP contribution in [0.5, 0.6) is 0 Å². The molecule has 4 rings (SSSR count). The topological polar surface area (TPSA) is 70.0 Å². The molecular weight excluding hydrogens is 324 g/mol. The van der Waals surface area contributed by atoms with Crippen molar-refractivity contribution in [2.24, 2.45) is 0 Å². The summed E-state index contributed by atoms with van der Waals surface area (Å²) in [5.74, 6) is -1.13. The molecule has 0 spiro atoms. The molecule has 4 nitrogen and oxygen atoms in total. The van der Waals surface area contributed by atoms with Gasteiger partial charge in [-0.1, -0.05) is 48.5 Å². The fourth-order valence-electron chi connectivity index (χ4n) is 3.37. The Labute approximate surface area is 150 Å². The lowest BCUT2D eigenvalue weighted by atomic mass is 9.91. The second kappa shape index (κ2) is 5.98. The SMILES string of the molecule is CC1=C(C#N)C(=O)NC(=O)/C1=C\c1c2ccccc2cc2ccccc12. The average molecular weight is 338 g/mol. The zero-order valence-corrected chi connectivity index (χ0v) is 14.0. The molecule has 0 saturated heterocycles. The molecule has 0 fully saturated rings. The third kappa shape index (κ3) is 2.38. The Morgan fingerprint density at radius 3 is 2.08 bits per heavy atom. The summed E-state index contributed by atoms with van der Waals surface area (Å²) in [6, 6.07) is 19.9. The van der Waals surface area contributed by atoms with Gasteiger partial charge in [-0.25, -0.2) is 0 Å². The summed E-state index contributed by atoms with van der Waals surface area (Å²) < 4.78 is 0. The zero-order valence-electron chi connectivity index (χ0n) is 14.0. The van der Waals surface area contributed by atoms with Gasteiger partial charge >= 0.3 is 0 Å². The van der Waals surface area contributed by atoms with Gasteiger partial charge in [0.1, 0.15) is 11.6 Å². The number of fused-ring (bicyclic) bond motifs is 2. The molecule has 0 saturated carbocycles. The van der Waals surface area contributed by atoms with E-state index in [2.05, 4.69) is 11.4 Å². The Kier molecular flexibility index (Phi) is 3.63. The molecule has 0 unspecified atom stereocenters. The first-order valence-corrected chi connectivity index (χ1v) is 8.19. The summed E-state index contributed by atoms with van der Waals surface area (Å²) in [7, 11) is 0. The summed E-state index contributed by atoms with van der Waals surface area (Å²) >= 11 is 0. The van der Waals surface area contributed by atoms with Crippen molar-refractivity contribution >= 4 is 39.4 Å². The van der Waals surface area contributed by atoms with E-state index in [9.17, 15) is 14.9 Å². The molecule has 4 heteroatoms. The quantitative estimate of drug-likeness (QED) is 0.416. The fraction of sp³-hybridized carbons (Fsp3) is 0.0455. The second-order valence-electron chi connectivity index (χ2n) is 6.19. The Bertz CT molecular complexity index is 1160. The molecule has 0 radical (unpaired) electrons. The van der Waals surface area contributed by atoms with E-state index in [4.69, 9.17) is 0 Å². The Balaban J connectivity index is 2.09. The smallest absolute Gasteiger partial charge is 0.269 e. The van der Waals surface area contributed by atoms with Crippen LogP contribution < -0.4 is 5.32 Å². The maximum absolute atomic E-state index is 12.4. The number of nitrogens with zero attached hydrogens (tertiary/aromatic N) is 1. The van der Waals surface area contributed by atoms with Gasteiger partial charge in [-0.2, -0.15) is 5.26 Å². The van der Waals surface area contributed by atoms with Crippen molar-refractivity contribution < 1.29 is 9.59 Å². The molecule has 3 aromatic carbocycles. The summed E-state index contributed by atoms with van der Waals surface area (Å²) in [4.78, 5) is 24.2.